The molecule has 1 saturated carbocycles. The summed E-state index contributed by atoms with van der Waals surface area (Å²) in [6.45, 7) is 10.7. The van der Waals surface area contributed by atoms with Crippen LogP contribution in [0.3, 0.4) is 0 Å². The molecule has 2 unspecified atom stereocenters. The van der Waals surface area contributed by atoms with E-state index in [0.717, 1.165) is 19.5 Å². The van der Waals surface area contributed by atoms with Crippen molar-refractivity contribution in [1.82, 2.24) is 5.32 Å². The lowest BCUT2D eigenvalue weighted by molar-refractivity contribution is -0.0479. The number of nitrogens with one attached hydrogen (secondary N) is 1. The molecule has 2 aliphatic rings. The zero-order valence-electron chi connectivity index (χ0n) is 12.8. The first-order valence-corrected chi connectivity index (χ1v) is 8.14. The zero-order valence-corrected chi connectivity index (χ0v) is 12.8. The van der Waals surface area contributed by atoms with Crippen LogP contribution in [0.25, 0.3) is 0 Å². The second-order valence-corrected chi connectivity index (χ2v) is 6.91. The molecule has 1 N–H and O–H groups in total. The molecule has 0 aromatic carbocycles. The summed E-state index contributed by atoms with van der Waals surface area (Å²) in [5.74, 6) is 0. The van der Waals surface area contributed by atoms with Crippen LogP contribution < -0.4 is 5.32 Å². The molecule has 1 saturated heterocycles. The van der Waals surface area contributed by atoms with Crippen LogP contribution in [0.15, 0.2) is 12.7 Å². The SMILES string of the molecule is C=CC(C)(CNCCC)CC1CCC2(CCCC2)O1. The molecular weight excluding hydrogens is 234 g/mol. The topological polar surface area (TPSA) is 21.3 Å². The van der Waals surface area contributed by atoms with Gasteiger partial charge in [-0.25, -0.2) is 0 Å². The van der Waals surface area contributed by atoms with Gasteiger partial charge in [0.2, 0.25) is 0 Å². The van der Waals surface area contributed by atoms with Crippen molar-refractivity contribution in [2.24, 2.45) is 5.41 Å². The van der Waals surface area contributed by atoms with Gasteiger partial charge in [-0.05, 0) is 45.1 Å². The van der Waals surface area contributed by atoms with Gasteiger partial charge in [0, 0.05) is 12.0 Å². The van der Waals surface area contributed by atoms with Gasteiger partial charge >= 0.3 is 0 Å². The summed E-state index contributed by atoms with van der Waals surface area (Å²) >= 11 is 0. The van der Waals surface area contributed by atoms with Crippen LogP contribution in [0.5, 0.6) is 0 Å². The van der Waals surface area contributed by atoms with Gasteiger partial charge in [0.1, 0.15) is 0 Å². The van der Waals surface area contributed by atoms with E-state index in [1.807, 2.05) is 0 Å². The predicted octanol–water partition coefficient (Wildman–Crippen LogP) is 4.06. The molecule has 1 spiro atoms. The Labute approximate surface area is 119 Å². The summed E-state index contributed by atoms with van der Waals surface area (Å²) in [7, 11) is 0. The fraction of sp³-hybridized carbons (Fsp3) is 0.882. The van der Waals surface area contributed by atoms with Gasteiger partial charge in [0.05, 0.1) is 11.7 Å². The molecule has 0 radical (unpaired) electrons. The molecule has 1 heterocycles. The highest BCUT2D eigenvalue weighted by molar-refractivity contribution is 4.99. The lowest BCUT2D eigenvalue weighted by Crippen LogP contribution is -2.34. The van der Waals surface area contributed by atoms with E-state index in [2.05, 4.69) is 31.8 Å². The molecule has 0 aromatic rings. The summed E-state index contributed by atoms with van der Waals surface area (Å²) in [5, 5.41) is 3.53. The Morgan fingerprint density at radius 2 is 2.11 bits per heavy atom. The molecule has 2 atom stereocenters. The molecule has 2 fully saturated rings. The Kier molecular flexibility index (Phi) is 5.08. The molecule has 0 bridgehead atoms. The highest BCUT2D eigenvalue weighted by Gasteiger charge is 2.43. The van der Waals surface area contributed by atoms with Gasteiger partial charge in [0.15, 0.2) is 0 Å². The molecular formula is C17H31NO. The van der Waals surface area contributed by atoms with Gasteiger partial charge in [-0.15, -0.1) is 6.58 Å². The number of ether oxygens (including phenoxy) is 1. The van der Waals surface area contributed by atoms with Crippen LogP contribution in [0.2, 0.25) is 0 Å². The number of hydrogen-bond donors (Lipinski definition) is 1. The van der Waals surface area contributed by atoms with E-state index < -0.39 is 0 Å². The van der Waals surface area contributed by atoms with Crippen molar-refractivity contribution >= 4 is 0 Å². The van der Waals surface area contributed by atoms with Crippen LogP contribution in [-0.4, -0.2) is 24.8 Å². The summed E-state index contributed by atoms with van der Waals surface area (Å²) in [5.41, 5.74) is 0.438. The van der Waals surface area contributed by atoms with E-state index in [0.29, 0.717) is 6.10 Å². The fourth-order valence-electron chi connectivity index (χ4n) is 3.72. The van der Waals surface area contributed by atoms with Gasteiger partial charge < -0.3 is 10.1 Å². The van der Waals surface area contributed by atoms with E-state index in [1.54, 1.807) is 0 Å². The second kappa shape index (κ2) is 6.41. The molecule has 19 heavy (non-hydrogen) atoms. The third kappa shape index (κ3) is 3.82. The third-order valence-electron chi connectivity index (χ3n) is 5.00. The van der Waals surface area contributed by atoms with Gasteiger partial charge in [-0.2, -0.15) is 0 Å². The molecule has 2 rings (SSSR count). The maximum atomic E-state index is 6.44. The van der Waals surface area contributed by atoms with Crippen molar-refractivity contribution in [3.05, 3.63) is 12.7 Å². The molecule has 1 aliphatic carbocycles. The van der Waals surface area contributed by atoms with E-state index >= 15 is 0 Å². The maximum Gasteiger partial charge on any atom is 0.0687 e. The highest BCUT2D eigenvalue weighted by atomic mass is 16.5. The van der Waals surface area contributed by atoms with Crippen LogP contribution in [-0.2, 0) is 4.74 Å². The van der Waals surface area contributed by atoms with Crippen LogP contribution >= 0.6 is 0 Å². The molecule has 2 heteroatoms. The highest BCUT2D eigenvalue weighted by Crippen LogP contribution is 2.45. The Hall–Kier alpha value is -0.340. The monoisotopic (exact) mass is 265 g/mol. The predicted molar refractivity (Wildman–Crippen MR) is 81.4 cm³/mol. The van der Waals surface area contributed by atoms with Crippen molar-refractivity contribution in [3.8, 4) is 0 Å². The summed E-state index contributed by atoms with van der Waals surface area (Å²) in [6, 6.07) is 0. The lowest BCUT2D eigenvalue weighted by atomic mass is 9.83. The first kappa shape index (κ1) is 15.1. The fourth-order valence-corrected chi connectivity index (χ4v) is 3.72. The van der Waals surface area contributed by atoms with E-state index in [9.17, 15) is 0 Å². The average molecular weight is 265 g/mol. The minimum absolute atomic E-state index is 0.171. The number of hydrogen-bond acceptors (Lipinski definition) is 2. The Morgan fingerprint density at radius 3 is 2.74 bits per heavy atom. The van der Waals surface area contributed by atoms with Gasteiger partial charge in [-0.3, -0.25) is 0 Å². The van der Waals surface area contributed by atoms with Crippen molar-refractivity contribution in [2.75, 3.05) is 13.1 Å². The Bertz CT molecular complexity index is 296. The normalized spacial score (nSPS) is 28.6. The van der Waals surface area contributed by atoms with E-state index in [1.165, 1.54) is 44.9 Å². The van der Waals surface area contributed by atoms with Crippen molar-refractivity contribution in [3.63, 3.8) is 0 Å². The van der Waals surface area contributed by atoms with Crippen molar-refractivity contribution < 1.29 is 4.74 Å². The standard InChI is InChI=1S/C17H31NO/c1-4-12-18-14-16(3,5-2)13-15-8-11-17(19-15)9-6-7-10-17/h5,15,18H,2,4,6-14H2,1,3H3. The van der Waals surface area contributed by atoms with Crippen molar-refractivity contribution in [1.29, 1.82) is 0 Å². The molecule has 0 aromatic heterocycles. The lowest BCUT2D eigenvalue weighted by Gasteiger charge is -2.31. The zero-order chi connectivity index (χ0) is 13.8. The average Bonchev–Trinajstić information content (AvgIpc) is 3.01. The van der Waals surface area contributed by atoms with Gasteiger partial charge in [-0.1, -0.05) is 32.8 Å². The molecule has 110 valence electrons. The smallest absolute Gasteiger partial charge is 0.0687 e. The quantitative estimate of drug-likeness (QED) is 0.553. The minimum atomic E-state index is 0.171. The third-order valence-corrected chi connectivity index (χ3v) is 5.00. The van der Waals surface area contributed by atoms with Gasteiger partial charge in [0.25, 0.3) is 0 Å². The van der Waals surface area contributed by atoms with E-state index in [-0.39, 0.29) is 11.0 Å². The second-order valence-electron chi connectivity index (χ2n) is 6.91. The Balaban J connectivity index is 1.83. The van der Waals surface area contributed by atoms with Crippen LogP contribution in [0.1, 0.15) is 65.2 Å². The minimum Gasteiger partial charge on any atom is -0.372 e. The van der Waals surface area contributed by atoms with Crippen molar-refractivity contribution in [2.45, 2.75) is 76.9 Å². The van der Waals surface area contributed by atoms with E-state index in [4.69, 9.17) is 4.74 Å². The molecule has 0 amide bonds. The Morgan fingerprint density at radius 1 is 1.37 bits per heavy atom. The first-order chi connectivity index (χ1) is 9.11. The largest absolute Gasteiger partial charge is 0.372 e. The van der Waals surface area contributed by atoms with Crippen LogP contribution in [0.4, 0.5) is 0 Å². The summed E-state index contributed by atoms with van der Waals surface area (Å²) in [6.07, 6.45) is 12.7. The summed E-state index contributed by atoms with van der Waals surface area (Å²) < 4.78 is 6.44. The number of rotatable bonds is 7. The van der Waals surface area contributed by atoms with Crippen LogP contribution in [0, 0.1) is 5.41 Å². The maximum absolute atomic E-state index is 6.44. The molecule has 1 aliphatic heterocycles. The molecule has 2 nitrogen and oxygen atoms in total. The summed E-state index contributed by atoms with van der Waals surface area (Å²) in [4.78, 5) is 0. The first-order valence-electron chi connectivity index (χ1n) is 8.14.